The van der Waals surface area contributed by atoms with Crippen LogP contribution in [-0.4, -0.2) is 9.97 Å². The van der Waals surface area contributed by atoms with E-state index in [1.54, 1.807) is 0 Å². The molecular weight excluding hydrogens is 355 g/mol. The second kappa shape index (κ2) is 6.16. The minimum absolute atomic E-state index is 0.529. The van der Waals surface area contributed by atoms with Crippen LogP contribution in [0.25, 0.3) is 0 Å². The van der Waals surface area contributed by atoms with Crippen molar-refractivity contribution in [3.05, 3.63) is 39.2 Å². The zero-order valence-electron chi connectivity index (χ0n) is 10.8. The van der Waals surface area contributed by atoms with E-state index in [1.807, 2.05) is 38.1 Å². The zero-order chi connectivity index (χ0) is 13.8. The molecule has 0 aliphatic rings. The van der Waals surface area contributed by atoms with Crippen LogP contribution in [0.15, 0.2) is 24.3 Å². The third kappa shape index (κ3) is 3.32. The summed E-state index contributed by atoms with van der Waals surface area (Å²) in [6.07, 6.45) is 0.720. The molecule has 1 aromatic heterocycles. The van der Waals surface area contributed by atoms with Crippen LogP contribution in [0.5, 0.6) is 11.6 Å². The Balaban J connectivity index is 2.35. The predicted octanol–water partition coefficient (Wildman–Crippen LogP) is 3.03. The Morgan fingerprint density at radius 1 is 1.26 bits per heavy atom. The van der Waals surface area contributed by atoms with E-state index in [4.69, 9.17) is 10.6 Å². The highest BCUT2D eigenvalue weighted by Crippen LogP contribution is 2.27. The Kier molecular flexibility index (Phi) is 4.54. The third-order valence-corrected chi connectivity index (χ3v) is 3.35. The van der Waals surface area contributed by atoms with E-state index < -0.39 is 0 Å². The number of nitrogen functional groups attached to an aromatic ring is 1. The Labute approximate surface area is 125 Å². The number of nitrogens with one attached hydrogen (secondary N) is 1. The fourth-order valence-corrected chi connectivity index (χ4v) is 1.91. The van der Waals surface area contributed by atoms with Crippen LogP contribution >= 0.6 is 22.6 Å². The first-order valence-corrected chi connectivity index (χ1v) is 6.99. The van der Waals surface area contributed by atoms with Gasteiger partial charge in [0.15, 0.2) is 0 Å². The van der Waals surface area contributed by atoms with Crippen LogP contribution in [0.3, 0.4) is 0 Å². The lowest BCUT2D eigenvalue weighted by molar-refractivity contribution is 0.455. The molecule has 6 heteroatoms. The monoisotopic (exact) mass is 370 g/mol. The number of aromatic nitrogens is 2. The lowest BCUT2D eigenvalue weighted by atomic mass is 10.3. The number of ether oxygens (including phenoxy) is 1. The highest BCUT2D eigenvalue weighted by molar-refractivity contribution is 14.1. The van der Waals surface area contributed by atoms with Crippen molar-refractivity contribution in [3.63, 3.8) is 0 Å². The molecule has 0 fully saturated rings. The number of halogens is 1. The average Bonchev–Trinajstić information content (AvgIpc) is 2.43. The van der Waals surface area contributed by atoms with Gasteiger partial charge in [0.25, 0.3) is 0 Å². The molecule has 0 amide bonds. The van der Waals surface area contributed by atoms with Gasteiger partial charge in [0.05, 0.1) is 5.56 Å². The molecule has 0 aliphatic carbocycles. The molecule has 0 spiro atoms. The lowest BCUT2D eigenvalue weighted by Crippen LogP contribution is -2.13. The largest absolute Gasteiger partial charge is 0.439 e. The summed E-state index contributed by atoms with van der Waals surface area (Å²) in [6, 6.07) is 7.78. The maximum absolute atomic E-state index is 5.80. The fraction of sp³-hybridized carbons (Fsp3) is 0.231. The van der Waals surface area contributed by atoms with Crippen LogP contribution in [0.2, 0.25) is 0 Å². The number of benzene rings is 1. The summed E-state index contributed by atoms with van der Waals surface area (Å²) in [5.41, 5.74) is 3.36. The number of rotatable bonds is 4. The molecule has 2 aromatic rings. The average molecular weight is 370 g/mol. The molecule has 0 bridgehead atoms. The topological polar surface area (TPSA) is 73.1 Å². The van der Waals surface area contributed by atoms with E-state index in [2.05, 4.69) is 38.0 Å². The SMILES string of the molecule is CCc1nc(NN)c(C)c(Oc2ccc(I)cc2)n1. The highest BCUT2D eigenvalue weighted by atomic mass is 127. The molecule has 1 heterocycles. The first-order chi connectivity index (χ1) is 9.13. The molecule has 0 saturated heterocycles. The lowest BCUT2D eigenvalue weighted by Gasteiger charge is -2.12. The van der Waals surface area contributed by atoms with Gasteiger partial charge < -0.3 is 10.2 Å². The Morgan fingerprint density at radius 2 is 1.95 bits per heavy atom. The molecule has 19 heavy (non-hydrogen) atoms. The normalized spacial score (nSPS) is 10.3. The van der Waals surface area contributed by atoms with Gasteiger partial charge >= 0.3 is 0 Å². The van der Waals surface area contributed by atoms with Gasteiger partial charge in [-0.3, -0.25) is 0 Å². The smallest absolute Gasteiger partial charge is 0.227 e. The predicted molar refractivity (Wildman–Crippen MR) is 83.2 cm³/mol. The maximum Gasteiger partial charge on any atom is 0.227 e. The van der Waals surface area contributed by atoms with Crippen LogP contribution in [0.1, 0.15) is 18.3 Å². The molecule has 0 saturated carbocycles. The summed E-state index contributed by atoms with van der Waals surface area (Å²) < 4.78 is 6.95. The molecular formula is C13H15IN4O. The van der Waals surface area contributed by atoms with Crippen molar-refractivity contribution < 1.29 is 4.74 Å². The van der Waals surface area contributed by atoms with Crippen molar-refractivity contribution in [1.29, 1.82) is 0 Å². The van der Waals surface area contributed by atoms with Crippen molar-refractivity contribution in [3.8, 4) is 11.6 Å². The number of hydrogen-bond acceptors (Lipinski definition) is 5. The van der Waals surface area contributed by atoms with Gasteiger partial charge in [-0.2, -0.15) is 4.98 Å². The van der Waals surface area contributed by atoms with Crippen LogP contribution in [0.4, 0.5) is 5.82 Å². The minimum atomic E-state index is 0.529. The molecule has 0 aliphatic heterocycles. The number of aryl methyl sites for hydroxylation is 1. The van der Waals surface area contributed by atoms with E-state index in [0.29, 0.717) is 17.5 Å². The molecule has 2 rings (SSSR count). The number of nitrogens with zero attached hydrogens (tertiary/aromatic N) is 2. The first kappa shape index (κ1) is 14.0. The van der Waals surface area contributed by atoms with E-state index in [0.717, 1.165) is 21.3 Å². The van der Waals surface area contributed by atoms with Crippen molar-refractivity contribution in [1.82, 2.24) is 9.97 Å². The highest BCUT2D eigenvalue weighted by Gasteiger charge is 2.11. The molecule has 100 valence electrons. The summed E-state index contributed by atoms with van der Waals surface area (Å²) in [5.74, 6) is 8.01. The van der Waals surface area contributed by atoms with Crippen molar-refractivity contribution in [2.45, 2.75) is 20.3 Å². The summed E-state index contributed by atoms with van der Waals surface area (Å²) in [5, 5.41) is 0. The van der Waals surface area contributed by atoms with E-state index in [9.17, 15) is 0 Å². The summed E-state index contributed by atoms with van der Waals surface area (Å²) in [4.78, 5) is 8.68. The number of nitrogens with two attached hydrogens (primary N) is 1. The van der Waals surface area contributed by atoms with E-state index in [-0.39, 0.29) is 0 Å². The van der Waals surface area contributed by atoms with Crippen LogP contribution in [0, 0.1) is 10.5 Å². The Hall–Kier alpha value is -1.41. The summed E-state index contributed by atoms with van der Waals surface area (Å²) in [7, 11) is 0. The van der Waals surface area contributed by atoms with E-state index in [1.165, 1.54) is 0 Å². The van der Waals surface area contributed by atoms with Gasteiger partial charge in [0.2, 0.25) is 5.88 Å². The summed E-state index contributed by atoms with van der Waals surface area (Å²) in [6.45, 7) is 3.86. The molecule has 0 unspecified atom stereocenters. The third-order valence-electron chi connectivity index (χ3n) is 2.63. The van der Waals surface area contributed by atoms with Gasteiger partial charge in [-0.05, 0) is 53.8 Å². The van der Waals surface area contributed by atoms with Crippen molar-refractivity contribution in [2.75, 3.05) is 5.43 Å². The van der Waals surface area contributed by atoms with Gasteiger partial charge in [-0.15, -0.1) is 0 Å². The number of hydrazine groups is 1. The minimum Gasteiger partial charge on any atom is -0.439 e. The van der Waals surface area contributed by atoms with Crippen LogP contribution in [-0.2, 0) is 6.42 Å². The summed E-state index contributed by atoms with van der Waals surface area (Å²) >= 11 is 2.25. The van der Waals surface area contributed by atoms with Crippen LogP contribution < -0.4 is 16.0 Å². The maximum atomic E-state index is 5.80. The quantitative estimate of drug-likeness (QED) is 0.492. The van der Waals surface area contributed by atoms with Crippen molar-refractivity contribution >= 4 is 28.4 Å². The second-order valence-corrected chi connectivity index (χ2v) is 5.22. The number of anilines is 1. The van der Waals surface area contributed by atoms with Crippen molar-refractivity contribution in [2.24, 2.45) is 5.84 Å². The second-order valence-electron chi connectivity index (χ2n) is 3.97. The molecule has 0 atom stereocenters. The Bertz CT molecular complexity index is 572. The van der Waals surface area contributed by atoms with Gasteiger partial charge in [0, 0.05) is 9.99 Å². The molecule has 1 aromatic carbocycles. The zero-order valence-corrected chi connectivity index (χ0v) is 12.9. The first-order valence-electron chi connectivity index (χ1n) is 5.91. The Morgan fingerprint density at radius 3 is 2.53 bits per heavy atom. The molecule has 3 N–H and O–H groups in total. The van der Waals surface area contributed by atoms with Gasteiger partial charge in [-0.1, -0.05) is 6.92 Å². The fourth-order valence-electron chi connectivity index (χ4n) is 1.55. The van der Waals surface area contributed by atoms with E-state index >= 15 is 0 Å². The van der Waals surface area contributed by atoms with Gasteiger partial charge in [-0.25, -0.2) is 10.8 Å². The number of hydrogen-bond donors (Lipinski definition) is 2. The standard InChI is InChI=1S/C13H15IN4O/c1-3-11-16-12(18-15)8(2)13(17-11)19-10-6-4-9(14)5-7-10/h4-7H,3,15H2,1-2H3,(H,16,17,18). The molecule has 0 radical (unpaired) electrons. The molecule has 5 nitrogen and oxygen atoms in total. The van der Waals surface area contributed by atoms with Gasteiger partial charge in [0.1, 0.15) is 17.4 Å².